The van der Waals surface area contributed by atoms with Gasteiger partial charge in [-0.15, -0.1) is 0 Å². The monoisotopic (exact) mass is 303 g/mol. The fraction of sp³-hybridized carbons (Fsp3) is 0.842. The third kappa shape index (κ3) is 2.84. The smallest absolute Gasteiger partial charge is 0.306 e. The second-order valence-corrected chi connectivity index (χ2v) is 8.19. The zero-order valence-electron chi connectivity index (χ0n) is 13.5. The molecule has 2 N–H and O–H groups in total. The second-order valence-electron chi connectivity index (χ2n) is 8.19. The van der Waals surface area contributed by atoms with Gasteiger partial charge in [0.05, 0.1) is 0 Å². The lowest BCUT2D eigenvalue weighted by Crippen LogP contribution is -2.43. The molecule has 122 valence electrons. The van der Waals surface area contributed by atoms with E-state index in [9.17, 15) is 4.79 Å². The van der Waals surface area contributed by atoms with Crippen molar-refractivity contribution in [1.29, 1.82) is 0 Å². The van der Waals surface area contributed by atoms with Gasteiger partial charge in [0.15, 0.2) is 0 Å². The van der Waals surface area contributed by atoms with Crippen molar-refractivity contribution in [1.82, 2.24) is 0 Å². The molecule has 4 aliphatic rings. The van der Waals surface area contributed by atoms with E-state index in [1.807, 2.05) is 0 Å². The van der Waals surface area contributed by atoms with E-state index < -0.39 is 0 Å². The van der Waals surface area contributed by atoms with Crippen LogP contribution >= 0.6 is 0 Å². The first-order valence-corrected chi connectivity index (χ1v) is 9.32. The number of hydrogen-bond donors (Lipinski definition) is 1. The summed E-state index contributed by atoms with van der Waals surface area (Å²) in [5.41, 5.74) is 6.27. The molecule has 4 aliphatic carbocycles. The third-order valence-electron chi connectivity index (χ3n) is 6.80. The Morgan fingerprint density at radius 1 is 1.09 bits per heavy atom. The molecular weight excluding hydrogens is 274 g/mol. The van der Waals surface area contributed by atoms with Crippen molar-refractivity contribution in [2.24, 2.45) is 35.3 Å². The zero-order chi connectivity index (χ0) is 15.1. The molecule has 0 aromatic rings. The van der Waals surface area contributed by atoms with Crippen molar-refractivity contribution in [3.63, 3.8) is 0 Å². The van der Waals surface area contributed by atoms with E-state index in [1.54, 1.807) is 0 Å². The largest absolute Gasteiger partial charge is 0.462 e. The van der Waals surface area contributed by atoms with Crippen molar-refractivity contribution >= 4 is 5.97 Å². The van der Waals surface area contributed by atoms with Crippen molar-refractivity contribution < 1.29 is 9.53 Å². The quantitative estimate of drug-likeness (QED) is 0.642. The average Bonchev–Trinajstić information content (AvgIpc) is 3.10. The van der Waals surface area contributed by atoms with Gasteiger partial charge in [-0.25, -0.2) is 0 Å². The molecule has 3 nitrogen and oxygen atoms in total. The van der Waals surface area contributed by atoms with Gasteiger partial charge in [0.2, 0.25) is 0 Å². The van der Waals surface area contributed by atoms with Crippen LogP contribution in [0.4, 0.5) is 0 Å². The molecule has 0 saturated heterocycles. The summed E-state index contributed by atoms with van der Waals surface area (Å²) in [5, 5.41) is 0. The summed E-state index contributed by atoms with van der Waals surface area (Å²) in [6, 6.07) is 0.385. The Balaban J connectivity index is 1.27. The first-order valence-electron chi connectivity index (χ1n) is 9.32. The third-order valence-corrected chi connectivity index (χ3v) is 6.80. The molecule has 3 heteroatoms. The van der Waals surface area contributed by atoms with Gasteiger partial charge < -0.3 is 10.5 Å². The summed E-state index contributed by atoms with van der Waals surface area (Å²) >= 11 is 0. The fourth-order valence-corrected chi connectivity index (χ4v) is 5.65. The van der Waals surface area contributed by atoms with E-state index in [-0.39, 0.29) is 12.1 Å². The van der Waals surface area contributed by atoms with Gasteiger partial charge in [0, 0.05) is 12.5 Å². The van der Waals surface area contributed by atoms with E-state index >= 15 is 0 Å². The molecule has 0 aromatic carbocycles. The second kappa shape index (κ2) is 5.99. The number of carbonyl (C=O) groups excluding carboxylic acids is 1. The number of hydrogen-bond acceptors (Lipinski definition) is 3. The highest BCUT2D eigenvalue weighted by molar-refractivity contribution is 5.70. The molecule has 3 fully saturated rings. The van der Waals surface area contributed by atoms with Gasteiger partial charge in [0.1, 0.15) is 6.10 Å². The molecule has 0 aliphatic heterocycles. The van der Waals surface area contributed by atoms with Crippen molar-refractivity contribution in [3.05, 3.63) is 12.2 Å². The zero-order valence-corrected chi connectivity index (χ0v) is 13.5. The highest BCUT2D eigenvalue weighted by Gasteiger charge is 2.39. The molecule has 0 amide bonds. The van der Waals surface area contributed by atoms with E-state index in [0.717, 1.165) is 25.2 Å². The number of fused-ring (bicyclic) bond motifs is 3. The van der Waals surface area contributed by atoms with Gasteiger partial charge in [-0.1, -0.05) is 18.6 Å². The molecule has 22 heavy (non-hydrogen) atoms. The Morgan fingerprint density at radius 3 is 2.77 bits per heavy atom. The highest BCUT2D eigenvalue weighted by atomic mass is 16.5. The molecule has 2 bridgehead atoms. The van der Waals surface area contributed by atoms with E-state index in [0.29, 0.717) is 36.1 Å². The molecule has 0 aromatic heterocycles. The van der Waals surface area contributed by atoms with E-state index in [4.69, 9.17) is 10.5 Å². The van der Waals surface area contributed by atoms with E-state index in [1.165, 1.54) is 32.1 Å². The molecule has 4 rings (SSSR count). The molecule has 7 atom stereocenters. The fourth-order valence-electron chi connectivity index (χ4n) is 5.65. The minimum Gasteiger partial charge on any atom is -0.462 e. The van der Waals surface area contributed by atoms with Crippen LogP contribution in [0, 0.1) is 29.6 Å². The van der Waals surface area contributed by atoms with Gasteiger partial charge in [-0.05, 0) is 74.5 Å². The Hall–Kier alpha value is -0.830. The predicted molar refractivity (Wildman–Crippen MR) is 86.0 cm³/mol. The number of carbonyl (C=O) groups is 1. The number of nitrogens with two attached hydrogens (primary N) is 1. The van der Waals surface area contributed by atoms with Crippen molar-refractivity contribution in [3.8, 4) is 0 Å². The standard InChI is InChI=1S/C19H29NO2/c20-18-3-1-2-14-10-16(6-7-17(14)18)22-19(21)11-15-9-12-4-5-13(15)8-12/h4-5,12-18H,1-3,6-11,20H2. The van der Waals surface area contributed by atoms with Crippen LogP contribution in [0.1, 0.15) is 57.8 Å². The summed E-state index contributed by atoms with van der Waals surface area (Å²) in [7, 11) is 0. The van der Waals surface area contributed by atoms with Crippen LogP contribution in [-0.2, 0) is 9.53 Å². The predicted octanol–water partition coefficient (Wildman–Crippen LogP) is 3.43. The van der Waals surface area contributed by atoms with Crippen molar-refractivity contribution in [2.45, 2.75) is 69.9 Å². The Bertz CT molecular complexity index is 460. The summed E-state index contributed by atoms with van der Waals surface area (Å²) in [4.78, 5) is 12.3. The van der Waals surface area contributed by atoms with Crippen LogP contribution < -0.4 is 5.73 Å². The summed E-state index contributed by atoms with van der Waals surface area (Å²) < 4.78 is 5.84. The van der Waals surface area contributed by atoms with Gasteiger partial charge in [-0.3, -0.25) is 4.79 Å². The Labute approximate surface area is 133 Å². The maximum Gasteiger partial charge on any atom is 0.306 e. The maximum atomic E-state index is 12.3. The van der Waals surface area contributed by atoms with E-state index in [2.05, 4.69) is 12.2 Å². The van der Waals surface area contributed by atoms with Gasteiger partial charge >= 0.3 is 5.97 Å². The minimum atomic E-state index is 0.0505. The molecular formula is C19H29NO2. The number of rotatable bonds is 3. The van der Waals surface area contributed by atoms with Gasteiger partial charge in [-0.2, -0.15) is 0 Å². The first-order chi connectivity index (χ1) is 10.7. The Morgan fingerprint density at radius 2 is 2.00 bits per heavy atom. The number of allylic oxidation sites excluding steroid dienone is 2. The molecule has 0 spiro atoms. The first kappa shape index (κ1) is 14.7. The lowest BCUT2D eigenvalue weighted by atomic mass is 9.68. The topological polar surface area (TPSA) is 52.3 Å². The molecule has 3 saturated carbocycles. The lowest BCUT2D eigenvalue weighted by molar-refractivity contribution is -0.154. The average molecular weight is 303 g/mol. The normalized spacial score (nSPS) is 46.5. The lowest BCUT2D eigenvalue weighted by Gasteiger charge is -2.42. The highest BCUT2D eigenvalue weighted by Crippen LogP contribution is 2.45. The molecule has 7 unspecified atom stereocenters. The van der Waals surface area contributed by atoms with Crippen LogP contribution in [0.2, 0.25) is 0 Å². The molecule has 0 heterocycles. The number of ether oxygens (including phenoxy) is 1. The minimum absolute atomic E-state index is 0.0505. The van der Waals surface area contributed by atoms with Crippen LogP contribution in [0.25, 0.3) is 0 Å². The Kier molecular flexibility index (Phi) is 4.02. The van der Waals surface area contributed by atoms with Crippen molar-refractivity contribution in [2.75, 3.05) is 0 Å². The number of esters is 1. The van der Waals surface area contributed by atoms with Crippen LogP contribution in [-0.4, -0.2) is 18.1 Å². The summed E-state index contributed by atoms with van der Waals surface area (Å²) in [5.74, 6) is 3.35. The SMILES string of the molecule is NC1CCCC2CC(OC(=O)CC3CC4C=CC3C4)CCC12. The van der Waals surface area contributed by atoms with Crippen LogP contribution in [0.5, 0.6) is 0 Å². The van der Waals surface area contributed by atoms with Crippen LogP contribution in [0.3, 0.4) is 0 Å². The summed E-state index contributed by atoms with van der Waals surface area (Å²) in [6.07, 6.45) is 14.9. The molecule has 0 radical (unpaired) electrons. The summed E-state index contributed by atoms with van der Waals surface area (Å²) in [6.45, 7) is 0. The van der Waals surface area contributed by atoms with Crippen LogP contribution in [0.15, 0.2) is 12.2 Å². The van der Waals surface area contributed by atoms with Gasteiger partial charge in [0.25, 0.3) is 0 Å². The maximum absolute atomic E-state index is 12.3.